The molecule has 1 aliphatic carbocycles. The van der Waals surface area contributed by atoms with E-state index in [1.165, 1.54) is 0 Å². The highest BCUT2D eigenvalue weighted by Gasteiger charge is 2.66. The predicted octanol–water partition coefficient (Wildman–Crippen LogP) is 0.963. The second-order valence-electron chi connectivity index (χ2n) is 6.52. The molecule has 0 aromatic rings. The lowest BCUT2D eigenvalue weighted by atomic mass is 9.92. The summed E-state index contributed by atoms with van der Waals surface area (Å²) in [5, 5.41) is 18.7. The van der Waals surface area contributed by atoms with Crippen LogP contribution in [0.3, 0.4) is 0 Å². The van der Waals surface area contributed by atoms with E-state index in [4.69, 9.17) is 5.11 Å². The Balaban J connectivity index is 1.94. The zero-order chi connectivity index (χ0) is 14.4. The van der Waals surface area contributed by atoms with Crippen molar-refractivity contribution >= 4 is 11.9 Å². The number of aliphatic carboxylic acids is 1. The van der Waals surface area contributed by atoms with E-state index < -0.39 is 17.3 Å². The third-order valence-electron chi connectivity index (χ3n) is 4.89. The largest absolute Gasteiger partial charge is 0.481 e. The topological polar surface area (TPSA) is 77.8 Å². The maximum Gasteiger partial charge on any atom is 0.307 e. The van der Waals surface area contributed by atoms with Crippen molar-refractivity contribution in [3.05, 3.63) is 0 Å². The van der Waals surface area contributed by atoms with Crippen LogP contribution in [0.5, 0.6) is 0 Å². The van der Waals surface area contributed by atoms with E-state index in [1.54, 1.807) is 11.8 Å². The van der Waals surface area contributed by atoms with Crippen molar-refractivity contribution in [3.8, 4) is 0 Å². The molecule has 19 heavy (non-hydrogen) atoms. The van der Waals surface area contributed by atoms with Crippen LogP contribution in [-0.2, 0) is 9.59 Å². The zero-order valence-corrected chi connectivity index (χ0v) is 11.8. The molecule has 1 amide bonds. The van der Waals surface area contributed by atoms with Crippen molar-refractivity contribution in [1.29, 1.82) is 0 Å². The van der Waals surface area contributed by atoms with Crippen molar-refractivity contribution in [2.45, 2.75) is 39.7 Å². The summed E-state index contributed by atoms with van der Waals surface area (Å²) in [6, 6.07) is 0. The van der Waals surface area contributed by atoms with Crippen LogP contribution in [0.4, 0.5) is 0 Å². The predicted molar refractivity (Wildman–Crippen MR) is 69.4 cm³/mol. The highest BCUT2D eigenvalue weighted by atomic mass is 16.4. The third kappa shape index (κ3) is 2.48. The van der Waals surface area contributed by atoms with Gasteiger partial charge in [-0.05, 0) is 31.1 Å². The van der Waals surface area contributed by atoms with Crippen molar-refractivity contribution < 1.29 is 19.8 Å². The molecule has 0 spiro atoms. The Labute approximate surface area is 113 Å². The molecule has 1 unspecified atom stereocenters. The fourth-order valence-corrected chi connectivity index (χ4v) is 3.36. The first-order valence-electron chi connectivity index (χ1n) is 6.96. The summed E-state index contributed by atoms with van der Waals surface area (Å²) in [6.45, 7) is 6.74. The number of hydrogen-bond donors (Lipinski definition) is 2. The Morgan fingerprint density at radius 1 is 1.21 bits per heavy atom. The number of nitrogens with zero attached hydrogens (tertiary/aromatic N) is 1. The van der Waals surface area contributed by atoms with Gasteiger partial charge in [0.1, 0.15) is 0 Å². The molecular formula is C14H23NO4. The van der Waals surface area contributed by atoms with Crippen LogP contribution in [0, 0.1) is 23.2 Å². The van der Waals surface area contributed by atoms with Gasteiger partial charge in [0.05, 0.1) is 17.9 Å². The Morgan fingerprint density at radius 2 is 1.74 bits per heavy atom. The lowest BCUT2D eigenvalue weighted by Gasteiger charge is -2.33. The number of carboxylic acids is 1. The molecule has 0 bridgehead atoms. The minimum atomic E-state index is -0.873. The maximum atomic E-state index is 12.4. The van der Waals surface area contributed by atoms with Crippen LogP contribution in [0.2, 0.25) is 0 Å². The van der Waals surface area contributed by atoms with Crippen molar-refractivity contribution in [2.75, 3.05) is 13.1 Å². The minimum Gasteiger partial charge on any atom is -0.481 e. The van der Waals surface area contributed by atoms with Crippen molar-refractivity contribution in [2.24, 2.45) is 23.2 Å². The number of amides is 1. The number of carbonyl (C=O) groups is 2. The molecule has 0 aromatic heterocycles. The molecule has 5 nitrogen and oxygen atoms in total. The Morgan fingerprint density at radius 3 is 2.11 bits per heavy atom. The molecule has 1 saturated heterocycles. The highest BCUT2D eigenvalue weighted by Crippen LogP contribution is 2.59. The second kappa shape index (κ2) is 4.78. The molecule has 5 heteroatoms. The molecule has 2 rings (SSSR count). The fourth-order valence-electron chi connectivity index (χ4n) is 3.36. The summed E-state index contributed by atoms with van der Waals surface area (Å²) in [7, 11) is 0. The van der Waals surface area contributed by atoms with E-state index >= 15 is 0 Å². The van der Waals surface area contributed by atoms with Gasteiger partial charge in [0, 0.05) is 13.1 Å². The number of rotatable bonds is 3. The van der Waals surface area contributed by atoms with Crippen LogP contribution in [0.25, 0.3) is 0 Å². The van der Waals surface area contributed by atoms with Gasteiger partial charge >= 0.3 is 5.97 Å². The number of piperidine rings is 1. The van der Waals surface area contributed by atoms with Crippen LogP contribution in [0.1, 0.15) is 33.6 Å². The first-order valence-corrected chi connectivity index (χ1v) is 6.96. The smallest absolute Gasteiger partial charge is 0.307 e. The normalized spacial score (nSPS) is 31.9. The van der Waals surface area contributed by atoms with Gasteiger partial charge in [0.15, 0.2) is 0 Å². The summed E-state index contributed by atoms with van der Waals surface area (Å²) in [5.41, 5.74) is -0.427. The van der Waals surface area contributed by atoms with Crippen molar-refractivity contribution in [1.82, 2.24) is 4.90 Å². The highest BCUT2D eigenvalue weighted by molar-refractivity contribution is 5.91. The van der Waals surface area contributed by atoms with E-state index in [9.17, 15) is 14.7 Å². The average molecular weight is 269 g/mol. The third-order valence-corrected chi connectivity index (χ3v) is 4.89. The SMILES string of the molecule is CC(O)C1CCN(C(=O)[C@H]2[C@@H](C(=O)O)C2(C)C)CC1. The summed E-state index contributed by atoms with van der Waals surface area (Å²) in [5.74, 6) is -1.57. The van der Waals surface area contributed by atoms with Gasteiger partial charge in [-0.25, -0.2) is 0 Å². The van der Waals surface area contributed by atoms with E-state index in [-0.39, 0.29) is 23.8 Å². The first-order chi connectivity index (χ1) is 8.76. The van der Waals surface area contributed by atoms with E-state index in [0.29, 0.717) is 13.1 Å². The Kier molecular flexibility index (Phi) is 3.60. The molecule has 108 valence electrons. The van der Waals surface area contributed by atoms with Crippen molar-refractivity contribution in [3.63, 3.8) is 0 Å². The quantitative estimate of drug-likeness (QED) is 0.800. The molecule has 1 aliphatic heterocycles. The van der Waals surface area contributed by atoms with E-state index in [2.05, 4.69) is 0 Å². The standard InChI is InChI=1S/C14H23NO4/c1-8(16)9-4-6-15(7-5-9)12(17)10-11(13(18)19)14(10,2)3/h8-11,16H,4-7H2,1-3H3,(H,18,19)/t8?,10-,11+/m1/s1. The average Bonchev–Trinajstić information content (AvgIpc) is 2.91. The van der Waals surface area contributed by atoms with E-state index in [0.717, 1.165) is 12.8 Å². The molecule has 2 aliphatic rings. The minimum absolute atomic E-state index is 0.0264. The molecule has 1 heterocycles. The molecule has 1 saturated carbocycles. The van der Waals surface area contributed by atoms with Crippen LogP contribution in [0.15, 0.2) is 0 Å². The zero-order valence-electron chi connectivity index (χ0n) is 11.8. The monoisotopic (exact) mass is 269 g/mol. The maximum absolute atomic E-state index is 12.4. The fraction of sp³-hybridized carbons (Fsp3) is 0.857. The van der Waals surface area contributed by atoms with Gasteiger partial charge in [-0.1, -0.05) is 13.8 Å². The van der Waals surface area contributed by atoms with E-state index in [1.807, 2.05) is 13.8 Å². The number of aliphatic hydroxyl groups is 1. The molecule has 0 radical (unpaired) electrons. The van der Waals surface area contributed by atoms with Gasteiger partial charge in [-0.3, -0.25) is 9.59 Å². The Hall–Kier alpha value is -1.10. The van der Waals surface area contributed by atoms with Crippen LogP contribution >= 0.6 is 0 Å². The van der Waals surface area contributed by atoms with Gasteiger partial charge in [-0.15, -0.1) is 0 Å². The van der Waals surface area contributed by atoms with Gasteiger partial charge in [0.2, 0.25) is 5.91 Å². The summed E-state index contributed by atoms with van der Waals surface area (Å²) in [6.07, 6.45) is 1.27. The number of carboxylic acid groups (broad SMARTS) is 1. The number of aliphatic hydroxyl groups excluding tert-OH is 1. The lowest BCUT2D eigenvalue weighted by Crippen LogP contribution is -2.42. The second-order valence-corrected chi connectivity index (χ2v) is 6.52. The van der Waals surface area contributed by atoms with Crippen LogP contribution < -0.4 is 0 Å². The number of likely N-dealkylation sites (tertiary alicyclic amines) is 1. The molecule has 2 N–H and O–H groups in total. The van der Waals surface area contributed by atoms with Gasteiger partial charge in [-0.2, -0.15) is 0 Å². The first kappa shape index (κ1) is 14.3. The van der Waals surface area contributed by atoms with Gasteiger partial charge in [0.25, 0.3) is 0 Å². The lowest BCUT2D eigenvalue weighted by molar-refractivity contribution is -0.142. The Bertz CT molecular complexity index is 383. The molecule has 0 aromatic carbocycles. The molecular weight excluding hydrogens is 246 g/mol. The summed E-state index contributed by atoms with van der Waals surface area (Å²) < 4.78 is 0. The van der Waals surface area contributed by atoms with Gasteiger partial charge < -0.3 is 15.1 Å². The van der Waals surface area contributed by atoms with Crippen LogP contribution in [-0.4, -0.2) is 46.2 Å². The number of hydrogen-bond acceptors (Lipinski definition) is 3. The summed E-state index contributed by atoms with van der Waals surface area (Å²) >= 11 is 0. The summed E-state index contributed by atoms with van der Waals surface area (Å²) in [4.78, 5) is 25.3. The number of carbonyl (C=O) groups excluding carboxylic acids is 1. The molecule has 2 fully saturated rings. The molecule has 3 atom stereocenters.